The second-order valence-corrected chi connectivity index (χ2v) is 6.65. The monoisotopic (exact) mass is 462 g/mol. The number of aryl methyl sites for hydroxylation is 3. The lowest BCUT2D eigenvalue weighted by Gasteiger charge is -2.21. The maximum Gasteiger partial charge on any atom is 0.194 e. The van der Waals surface area contributed by atoms with Crippen LogP contribution in [-0.2, 0) is 13.1 Å². The van der Waals surface area contributed by atoms with Crippen LogP contribution < -0.4 is 5.32 Å². The molecule has 0 atom stereocenters. The predicted octanol–water partition coefficient (Wildman–Crippen LogP) is 3.06. The topological polar surface area (TPSA) is 58.3 Å². The number of thiazole rings is 1. The zero-order valence-corrected chi connectivity index (χ0v) is 18.0. The van der Waals surface area contributed by atoms with E-state index in [1.54, 1.807) is 11.3 Å². The highest BCUT2D eigenvalue weighted by Gasteiger charge is 2.08. The highest BCUT2D eigenvalue weighted by Crippen LogP contribution is 2.09. The van der Waals surface area contributed by atoms with Gasteiger partial charge in [0, 0.05) is 38.3 Å². The predicted molar refractivity (Wildman–Crippen MR) is 111 cm³/mol. The van der Waals surface area contributed by atoms with Crippen LogP contribution in [0, 0.1) is 13.8 Å². The molecule has 0 fully saturated rings. The van der Waals surface area contributed by atoms with Gasteiger partial charge >= 0.3 is 0 Å². The standard InChI is InChI=1S/C16H26N6S.HI/c1-5-17-16(21(4)11-15-12-23-14(3)20-15)18-7-6-8-22-10-13(2)9-19-22;/h9-10,12H,5-8,11H2,1-4H3,(H,17,18);1H. The van der Waals surface area contributed by atoms with E-state index in [9.17, 15) is 0 Å². The fraction of sp³-hybridized carbons (Fsp3) is 0.562. The quantitative estimate of drug-likeness (QED) is 0.298. The average Bonchev–Trinajstić information content (AvgIpc) is 3.11. The number of guanidine groups is 1. The van der Waals surface area contributed by atoms with Gasteiger partial charge in [0.15, 0.2) is 5.96 Å². The fourth-order valence-corrected chi connectivity index (χ4v) is 2.88. The molecule has 134 valence electrons. The van der Waals surface area contributed by atoms with Crippen molar-refractivity contribution in [3.05, 3.63) is 34.0 Å². The molecule has 0 aromatic carbocycles. The van der Waals surface area contributed by atoms with Gasteiger partial charge in [-0.2, -0.15) is 5.10 Å². The summed E-state index contributed by atoms with van der Waals surface area (Å²) < 4.78 is 1.97. The Bertz CT molecular complexity index is 636. The Morgan fingerprint density at radius 3 is 2.79 bits per heavy atom. The summed E-state index contributed by atoms with van der Waals surface area (Å²) in [6.07, 6.45) is 4.92. The largest absolute Gasteiger partial charge is 0.357 e. The zero-order chi connectivity index (χ0) is 16.7. The number of aromatic nitrogens is 3. The molecular formula is C16H27IN6S. The minimum absolute atomic E-state index is 0. The van der Waals surface area contributed by atoms with E-state index in [1.807, 2.05) is 24.9 Å². The number of rotatable bonds is 7. The number of aliphatic imine (C=N–C) groups is 1. The molecule has 2 aromatic heterocycles. The molecular weight excluding hydrogens is 435 g/mol. The molecule has 2 heterocycles. The summed E-state index contributed by atoms with van der Waals surface area (Å²) in [4.78, 5) is 11.3. The third-order valence-corrected chi connectivity index (χ3v) is 4.15. The third kappa shape index (κ3) is 6.76. The highest BCUT2D eigenvalue weighted by molar-refractivity contribution is 14.0. The van der Waals surface area contributed by atoms with E-state index in [0.717, 1.165) is 49.3 Å². The summed E-state index contributed by atoms with van der Waals surface area (Å²) in [6.45, 7) is 9.48. The average molecular weight is 462 g/mol. The van der Waals surface area contributed by atoms with Crippen molar-refractivity contribution < 1.29 is 0 Å². The minimum Gasteiger partial charge on any atom is -0.357 e. The van der Waals surface area contributed by atoms with Crippen LogP contribution in [0.1, 0.15) is 29.6 Å². The molecule has 0 aliphatic carbocycles. The van der Waals surface area contributed by atoms with Crippen molar-refractivity contribution >= 4 is 41.3 Å². The molecule has 0 aliphatic heterocycles. The Morgan fingerprint density at radius 1 is 1.42 bits per heavy atom. The smallest absolute Gasteiger partial charge is 0.194 e. The molecule has 0 radical (unpaired) electrons. The van der Waals surface area contributed by atoms with Crippen LogP contribution in [0.3, 0.4) is 0 Å². The van der Waals surface area contributed by atoms with Gasteiger partial charge in [0.1, 0.15) is 0 Å². The van der Waals surface area contributed by atoms with E-state index in [4.69, 9.17) is 4.99 Å². The van der Waals surface area contributed by atoms with Crippen molar-refractivity contribution in [3.8, 4) is 0 Å². The van der Waals surface area contributed by atoms with E-state index in [1.165, 1.54) is 5.56 Å². The molecule has 0 amide bonds. The molecule has 2 rings (SSSR count). The van der Waals surface area contributed by atoms with Crippen LogP contribution in [-0.4, -0.2) is 45.8 Å². The Labute approximate surface area is 165 Å². The second kappa shape index (κ2) is 10.7. The number of nitrogens with zero attached hydrogens (tertiary/aromatic N) is 5. The van der Waals surface area contributed by atoms with Gasteiger partial charge in [0.05, 0.1) is 23.4 Å². The number of hydrogen-bond donors (Lipinski definition) is 1. The Balaban J connectivity index is 0.00000288. The van der Waals surface area contributed by atoms with Crippen LogP contribution in [0.25, 0.3) is 0 Å². The molecule has 6 nitrogen and oxygen atoms in total. The maximum atomic E-state index is 4.70. The molecule has 0 saturated heterocycles. The fourth-order valence-electron chi connectivity index (χ4n) is 2.28. The minimum atomic E-state index is 0. The Hall–Kier alpha value is -1.16. The normalized spacial score (nSPS) is 11.2. The highest BCUT2D eigenvalue weighted by atomic mass is 127. The summed E-state index contributed by atoms with van der Waals surface area (Å²) in [5.41, 5.74) is 2.28. The van der Waals surface area contributed by atoms with Crippen molar-refractivity contribution in [1.82, 2.24) is 25.0 Å². The number of halogens is 1. The molecule has 2 aromatic rings. The lowest BCUT2D eigenvalue weighted by molar-refractivity contribution is 0.469. The Kier molecular flexibility index (Phi) is 9.27. The van der Waals surface area contributed by atoms with Gasteiger partial charge in [-0.15, -0.1) is 35.3 Å². The first-order valence-corrected chi connectivity index (χ1v) is 8.86. The molecule has 0 saturated carbocycles. The van der Waals surface area contributed by atoms with Crippen LogP contribution >= 0.6 is 35.3 Å². The lowest BCUT2D eigenvalue weighted by atomic mass is 10.4. The van der Waals surface area contributed by atoms with Crippen molar-refractivity contribution in [2.75, 3.05) is 20.1 Å². The summed E-state index contributed by atoms with van der Waals surface area (Å²) in [6, 6.07) is 0. The number of nitrogens with one attached hydrogen (secondary N) is 1. The van der Waals surface area contributed by atoms with E-state index in [2.05, 4.69) is 45.7 Å². The first-order valence-electron chi connectivity index (χ1n) is 7.98. The maximum absolute atomic E-state index is 4.70. The van der Waals surface area contributed by atoms with Gasteiger partial charge in [-0.05, 0) is 32.8 Å². The molecule has 0 spiro atoms. The van der Waals surface area contributed by atoms with Gasteiger partial charge in [0.2, 0.25) is 0 Å². The molecule has 8 heteroatoms. The van der Waals surface area contributed by atoms with Crippen LogP contribution in [0.4, 0.5) is 0 Å². The number of hydrogen-bond acceptors (Lipinski definition) is 4. The van der Waals surface area contributed by atoms with Crippen molar-refractivity contribution in [2.24, 2.45) is 4.99 Å². The van der Waals surface area contributed by atoms with Gasteiger partial charge < -0.3 is 10.2 Å². The summed E-state index contributed by atoms with van der Waals surface area (Å²) in [5, 5.41) is 10.8. The molecule has 0 unspecified atom stereocenters. The third-order valence-electron chi connectivity index (χ3n) is 3.33. The zero-order valence-electron chi connectivity index (χ0n) is 14.8. The van der Waals surface area contributed by atoms with E-state index in [0.29, 0.717) is 0 Å². The van der Waals surface area contributed by atoms with Crippen molar-refractivity contribution in [3.63, 3.8) is 0 Å². The van der Waals surface area contributed by atoms with Crippen LogP contribution in [0.2, 0.25) is 0 Å². The van der Waals surface area contributed by atoms with E-state index >= 15 is 0 Å². The molecule has 0 bridgehead atoms. The second-order valence-electron chi connectivity index (χ2n) is 5.58. The van der Waals surface area contributed by atoms with Crippen molar-refractivity contribution in [1.29, 1.82) is 0 Å². The SMILES string of the molecule is CCNC(=NCCCn1cc(C)cn1)N(C)Cc1csc(C)n1.I. The van der Waals surface area contributed by atoms with Gasteiger partial charge in [-0.25, -0.2) is 4.98 Å². The van der Waals surface area contributed by atoms with Gasteiger partial charge in [-0.3, -0.25) is 9.67 Å². The summed E-state index contributed by atoms with van der Waals surface area (Å²) in [7, 11) is 2.05. The van der Waals surface area contributed by atoms with Crippen molar-refractivity contribution in [2.45, 2.75) is 40.3 Å². The molecule has 24 heavy (non-hydrogen) atoms. The molecule has 0 aliphatic rings. The summed E-state index contributed by atoms with van der Waals surface area (Å²) >= 11 is 1.68. The summed E-state index contributed by atoms with van der Waals surface area (Å²) in [5.74, 6) is 0.926. The van der Waals surface area contributed by atoms with E-state index < -0.39 is 0 Å². The first kappa shape index (κ1) is 20.9. The molecule has 1 N–H and O–H groups in total. The lowest BCUT2D eigenvalue weighted by Crippen LogP contribution is -2.38. The van der Waals surface area contributed by atoms with Gasteiger partial charge in [-0.1, -0.05) is 0 Å². The van der Waals surface area contributed by atoms with Crippen LogP contribution in [0.5, 0.6) is 0 Å². The van der Waals surface area contributed by atoms with E-state index in [-0.39, 0.29) is 24.0 Å². The van der Waals surface area contributed by atoms with Crippen LogP contribution in [0.15, 0.2) is 22.8 Å². The first-order chi connectivity index (χ1) is 11.1. The van der Waals surface area contributed by atoms with Gasteiger partial charge in [0.25, 0.3) is 0 Å². The Morgan fingerprint density at radius 2 is 2.21 bits per heavy atom.